The number of halogens is 1. The number of carboxylic acids is 1. The number of fused-ring (bicyclic) bond motifs is 1. The van der Waals surface area contributed by atoms with Crippen molar-refractivity contribution in [3.05, 3.63) is 94.0 Å². The number of allylic oxidation sites excluding steroid dienone is 3. The minimum Gasteiger partial charge on any atom is -0.478 e. The second-order valence-corrected chi connectivity index (χ2v) is 9.80. The van der Waals surface area contributed by atoms with Crippen LogP contribution >= 0.6 is 11.6 Å². The van der Waals surface area contributed by atoms with Gasteiger partial charge in [-0.3, -0.25) is 14.4 Å². The largest absolute Gasteiger partial charge is 0.478 e. The first-order valence-corrected chi connectivity index (χ1v) is 12.6. The van der Waals surface area contributed by atoms with Crippen molar-refractivity contribution in [3.8, 4) is 0 Å². The molecule has 0 saturated heterocycles. The minimum atomic E-state index is -1.08. The first-order valence-electron chi connectivity index (χ1n) is 12.2. The number of rotatable bonds is 9. The van der Waals surface area contributed by atoms with Gasteiger partial charge in [-0.05, 0) is 48.7 Å². The molecule has 1 unspecified atom stereocenters. The van der Waals surface area contributed by atoms with E-state index in [1.807, 2.05) is 6.08 Å². The molecule has 0 fully saturated rings. The lowest BCUT2D eigenvalue weighted by Gasteiger charge is -2.48. The molecule has 1 aliphatic carbocycles. The van der Waals surface area contributed by atoms with Crippen molar-refractivity contribution in [1.82, 2.24) is 10.4 Å². The van der Waals surface area contributed by atoms with Crippen LogP contribution in [0.25, 0.3) is 0 Å². The Kier molecular flexibility index (Phi) is 8.63. The van der Waals surface area contributed by atoms with Gasteiger partial charge in [0.25, 0.3) is 11.8 Å². The predicted molar refractivity (Wildman–Crippen MR) is 139 cm³/mol. The van der Waals surface area contributed by atoms with Crippen molar-refractivity contribution < 1.29 is 34.5 Å². The highest BCUT2D eigenvalue weighted by Crippen LogP contribution is 2.41. The summed E-state index contributed by atoms with van der Waals surface area (Å²) in [6, 6.07) is 11.2. The molecule has 0 aromatic heterocycles. The summed E-state index contributed by atoms with van der Waals surface area (Å²) in [6.07, 6.45) is 4.71. The van der Waals surface area contributed by atoms with Gasteiger partial charge in [-0.25, -0.2) is 10.3 Å². The number of aliphatic hydroxyl groups is 2. The van der Waals surface area contributed by atoms with Crippen LogP contribution in [0, 0.1) is 5.92 Å². The van der Waals surface area contributed by atoms with E-state index in [2.05, 4.69) is 5.48 Å². The third kappa shape index (κ3) is 5.66. The smallest absolute Gasteiger partial charge is 0.335 e. The quantitative estimate of drug-likeness (QED) is 0.359. The molecule has 4 rings (SSSR count). The highest BCUT2D eigenvalue weighted by atomic mass is 35.5. The van der Waals surface area contributed by atoms with Gasteiger partial charge in [0.15, 0.2) is 0 Å². The third-order valence-corrected chi connectivity index (χ3v) is 7.20. The number of hydrogen-bond acceptors (Lipinski definition) is 6. The Hall–Kier alpha value is -3.50. The summed E-state index contributed by atoms with van der Waals surface area (Å²) in [5.74, 6) is -3.23. The van der Waals surface area contributed by atoms with Crippen LogP contribution in [-0.4, -0.2) is 62.8 Å². The van der Waals surface area contributed by atoms with Gasteiger partial charge in [-0.1, -0.05) is 54.1 Å². The van der Waals surface area contributed by atoms with Gasteiger partial charge in [0.2, 0.25) is 0 Å². The number of nitrogens with zero attached hydrogens (tertiary/aromatic N) is 1. The molecule has 0 bridgehead atoms. The summed E-state index contributed by atoms with van der Waals surface area (Å²) < 4.78 is 0. The third-order valence-electron chi connectivity index (χ3n) is 6.92. The number of aliphatic hydroxyl groups excluding tert-OH is 2. The Bertz CT molecular complexity index is 1280. The number of carbonyl (C=O) groups excluding carboxylic acids is 2. The zero-order chi connectivity index (χ0) is 27.4. The average Bonchev–Trinajstić information content (AvgIpc) is 2.90. The van der Waals surface area contributed by atoms with E-state index in [1.165, 1.54) is 24.0 Å². The molecule has 4 N–H and O–H groups in total. The number of hydrogen-bond donors (Lipinski definition) is 4. The molecule has 0 spiro atoms. The highest BCUT2D eigenvalue weighted by Gasteiger charge is 2.49. The zero-order valence-electron chi connectivity index (χ0n) is 20.7. The molecule has 2 aliphatic rings. The van der Waals surface area contributed by atoms with Gasteiger partial charge in [-0.15, -0.1) is 0 Å². The summed E-state index contributed by atoms with van der Waals surface area (Å²) in [4.78, 5) is 45.6. The summed E-state index contributed by atoms with van der Waals surface area (Å²) >= 11 is 6.14. The second kappa shape index (κ2) is 11.9. The zero-order valence-corrected chi connectivity index (χ0v) is 21.4. The SMILES string of the molecule is C[C@H](O)[C@H](CO)N1C(=O)c2ccccc2[C@H](C(=O)NOCc2cccc(C(=O)O)c2)[C@H]1C1C=CC(Cl)=CC1. The van der Waals surface area contributed by atoms with E-state index < -0.39 is 48.5 Å². The summed E-state index contributed by atoms with van der Waals surface area (Å²) in [7, 11) is 0. The van der Waals surface area contributed by atoms with Crippen molar-refractivity contribution >= 4 is 29.4 Å². The molecule has 1 aliphatic heterocycles. The van der Waals surface area contributed by atoms with E-state index in [-0.39, 0.29) is 18.1 Å². The van der Waals surface area contributed by atoms with Crippen LogP contribution in [0.4, 0.5) is 0 Å². The summed E-state index contributed by atoms with van der Waals surface area (Å²) in [5.41, 5.74) is 3.92. The molecule has 5 atom stereocenters. The molecule has 38 heavy (non-hydrogen) atoms. The molecule has 200 valence electrons. The Labute approximate surface area is 224 Å². The van der Waals surface area contributed by atoms with Gasteiger partial charge in [0.1, 0.15) is 0 Å². The molecule has 0 radical (unpaired) electrons. The van der Waals surface area contributed by atoms with Gasteiger partial charge >= 0.3 is 5.97 Å². The number of hydroxylamine groups is 1. The maximum atomic E-state index is 13.7. The fraction of sp³-hybridized carbons (Fsp3) is 0.321. The van der Waals surface area contributed by atoms with Crippen molar-refractivity contribution in [2.45, 2.75) is 44.1 Å². The number of benzene rings is 2. The van der Waals surface area contributed by atoms with E-state index in [4.69, 9.17) is 16.4 Å². The van der Waals surface area contributed by atoms with Crippen LogP contribution in [0.5, 0.6) is 0 Å². The molecular formula is C28H29ClN2O7. The van der Waals surface area contributed by atoms with Crippen LogP contribution in [0.1, 0.15) is 51.1 Å². The monoisotopic (exact) mass is 540 g/mol. The topological polar surface area (TPSA) is 136 Å². The summed E-state index contributed by atoms with van der Waals surface area (Å²) in [5, 5.41) is 30.4. The number of aromatic carboxylic acids is 1. The molecule has 2 aromatic rings. The fourth-order valence-corrected chi connectivity index (χ4v) is 5.25. The first kappa shape index (κ1) is 27.5. The van der Waals surface area contributed by atoms with Gasteiger partial charge < -0.3 is 20.2 Å². The average molecular weight is 541 g/mol. The Morgan fingerprint density at radius 2 is 1.97 bits per heavy atom. The van der Waals surface area contributed by atoms with E-state index in [0.717, 1.165) is 0 Å². The number of carbonyl (C=O) groups is 3. The number of amides is 2. The molecule has 2 amide bonds. The summed E-state index contributed by atoms with van der Waals surface area (Å²) in [6.45, 7) is 0.908. The Morgan fingerprint density at radius 1 is 1.21 bits per heavy atom. The van der Waals surface area contributed by atoms with Crippen LogP contribution in [0.3, 0.4) is 0 Å². The molecule has 1 heterocycles. The fourth-order valence-electron chi connectivity index (χ4n) is 5.09. The lowest BCUT2D eigenvalue weighted by Crippen LogP contribution is -2.61. The maximum absolute atomic E-state index is 13.7. The Morgan fingerprint density at radius 3 is 2.63 bits per heavy atom. The van der Waals surface area contributed by atoms with Crippen molar-refractivity contribution in [2.75, 3.05) is 6.61 Å². The predicted octanol–water partition coefficient (Wildman–Crippen LogP) is 2.98. The normalized spacial score (nSPS) is 22.3. The van der Waals surface area contributed by atoms with E-state index in [0.29, 0.717) is 28.1 Å². The maximum Gasteiger partial charge on any atom is 0.335 e. The first-order chi connectivity index (χ1) is 18.2. The van der Waals surface area contributed by atoms with Crippen molar-refractivity contribution in [3.63, 3.8) is 0 Å². The molecular weight excluding hydrogens is 512 g/mol. The minimum absolute atomic E-state index is 0.0802. The molecule has 10 heteroatoms. The molecule has 9 nitrogen and oxygen atoms in total. The van der Waals surface area contributed by atoms with Crippen molar-refractivity contribution in [1.29, 1.82) is 0 Å². The van der Waals surface area contributed by atoms with E-state index >= 15 is 0 Å². The van der Waals surface area contributed by atoms with Gasteiger partial charge in [0, 0.05) is 16.5 Å². The van der Waals surface area contributed by atoms with Crippen molar-refractivity contribution in [2.24, 2.45) is 5.92 Å². The van der Waals surface area contributed by atoms with Crippen LogP contribution < -0.4 is 5.48 Å². The lowest BCUT2D eigenvalue weighted by molar-refractivity contribution is -0.139. The Balaban J connectivity index is 1.68. The van der Waals surface area contributed by atoms with Crippen LogP contribution in [0.2, 0.25) is 0 Å². The standard InChI is InChI=1S/C28H29ClN2O7/c1-16(33)23(14-32)31-25(18-9-11-20(29)12-10-18)24(21-7-2-3-8-22(21)27(31)35)26(34)30-38-15-17-5-4-6-19(13-17)28(36)37/h2-9,11-13,16,18,23-25,32-33H,10,14-15H2,1H3,(H,30,34)(H,36,37)/t16-,18?,23-,24-,25+/m0/s1. The van der Waals surface area contributed by atoms with Crippen LogP contribution in [0.15, 0.2) is 71.8 Å². The molecule has 2 aromatic carbocycles. The lowest BCUT2D eigenvalue weighted by atomic mass is 9.74. The highest BCUT2D eigenvalue weighted by molar-refractivity contribution is 6.31. The van der Waals surface area contributed by atoms with Gasteiger partial charge in [-0.2, -0.15) is 0 Å². The number of carboxylic acid groups (broad SMARTS) is 1. The second-order valence-electron chi connectivity index (χ2n) is 9.37. The van der Waals surface area contributed by atoms with Gasteiger partial charge in [0.05, 0.1) is 42.9 Å². The number of nitrogens with one attached hydrogen (secondary N) is 1. The molecule has 0 saturated carbocycles. The van der Waals surface area contributed by atoms with E-state index in [1.54, 1.807) is 48.6 Å². The van der Waals surface area contributed by atoms with E-state index in [9.17, 15) is 29.7 Å². The van der Waals surface area contributed by atoms with Crippen LogP contribution in [-0.2, 0) is 16.2 Å².